The minimum absolute atomic E-state index is 0.00871. The lowest BCUT2D eigenvalue weighted by molar-refractivity contribution is -0.682. The van der Waals surface area contributed by atoms with Gasteiger partial charge in [0, 0.05) is 10.6 Å². The molecular formula is C22H28ClN2O3+. The number of halogens is 1. The highest BCUT2D eigenvalue weighted by Gasteiger charge is 2.22. The second-order valence-corrected chi connectivity index (χ2v) is 7.91. The Morgan fingerprint density at radius 1 is 1.04 bits per heavy atom. The molecule has 5 nitrogen and oxygen atoms in total. The van der Waals surface area contributed by atoms with Gasteiger partial charge in [0.15, 0.2) is 18.0 Å². The van der Waals surface area contributed by atoms with Crippen molar-refractivity contribution in [2.24, 2.45) is 5.92 Å². The number of nitrogens with two attached hydrogens (primary N) is 1. The summed E-state index contributed by atoms with van der Waals surface area (Å²) in [7, 11) is 0. The van der Waals surface area contributed by atoms with Gasteiger partial charge in [-0.15, -0.1) is 0 Å². The summed E-state index contributed by atoms with van der Waals surface area (Å²) in [5.41, 5.74) is 2.17. The van der Waals surface area contributed by atoms with Gasteiger partial charge in [0.05, 0.1) is 6.04 Å². The van der Waals surface area contributed by atoms with Crippen molar-refractivity contribution in [3.63, 3.8) is 0 Å². The Balaban J connectivity index is 1.60. The van der Waals surface area contributed by atoms with Gasteiger partial charge in [-0.25, -0.2) is 0 Å². The molecule has 0 saturated carbocycles. The maximum absolute atomic E-state index is 12.6. The van der Waals surface area contributed by atoms with Crippen LogP contribution in [0.2, 0.25) is 5.02 Å². The zero-order chi connectivity index (χ0) is 20.1. The standard InChI is InChI=1S/C22H27ClN2O3/c1-14(2)22(17-6-9-19-20(12-17)28-11-10-27-19)25-21(26)13-24-15(3)16-4-7-18(23)8-5-16/h4-9,12,14-15,22,24H,10-11,13H2,1-3H3,(H,25,26)/p+1/t15-,22-/m1/s1. The molecule has 2 aromatic rings. The van der Waals surface area contributed by atoms with Gasteiger partial charge in [0.25, 0.3) is 5.91 Å². The fraction of sp³-hybridized carbons (Fsp3) is 0.409. The average molecular weight is 404 g/mol. The van der Waals surface area contributed by atoms with Gasteiger partial charge in [0.1, 0.15) is 19.3 Å². The van der Waals surface area contributed by atoms with Crippen LogP contribution in [0.25, 0.3) is 0 Å². The second-order valence-electron chi connectivity index (χ2n) is 7.47. The van der Waals surface area contributed by atoms with Gasteiger partial charge in [-0.05, 0) is 42.7 Å². The van der Waals surface area contributed by atoms with Gasteiger partial charge in [-0.1, -0.05) is 43.6 Å². The molecule has 1 heterocycles. The summed E-state index contributed by atoms with van der Waals surface area (Å²) in [6, 6.07) is 13.7. The summed E-state index contributed by atoms with van der Waals surface area (Å²) < 4.78 is 11.3. The van der Waals surface area contributed by atoms with E-state index in [9.17, 15) is 4.79 Å². The maximum atomic E-state index is 12.6. The van der Waals surface area contributed by atoms with Crippen molar-refractivity contribution in [1.29, 1.82) is 0 Å². The highest BCUT2D eigenvalue weighted by Crippen LogP contribution is 2.34. The first kappa shape index (κ1) is 20.5. The van der Waals surface area contributed by atoms with E-state index in [0.717, 1.165) is 22.6 Å². The van der Waals surface area contributed by atoms with E-state index < -0.39 is 0 Å². The van der Waals surface area contributed by atoms with Crippen molar-refractivity contribution >= 4 is 17.5 Å². The van der Waals surface area contributed by atoms with E-state index in [4.69, 9.17) is 21.1 Å². The Hall–Kier alpha value is -2.24. The number of fused-ring (bicyclic) bond motifs is 1. The molecule has 0 aliphatic carbocycles. The first-order chi connectivity index (χ1) is 13.4. The van der Waals surface area contributed by atoms with Gasteiger partial charge >= 0.3 is 0 Å². The van der Waals surface area contributed by atoms with Crippen molar-refractivity contribution in [3.05, 3.63) is 58.6 Å². The number of carbonyl (C=O) groups is 1. The van der Waals surface area contributed by atoms with Crippen LogP contribution in [0.1, 0.15) is 44.0 Å². The Bertz CT molecular complexity index is 808. The molecule has 0 spiro atoms. The SMILES string of the molecule is CC(C)[C@@H](NC(=O)C[NH2+][C@H](C)c1ccc(Cl)cc1)c1ccc2c(c1)OCCO2. The predicted molar refractivity (Wildman–Crippen MR) is 110 cm³/mol. The van der Waals surface area contributed by atoms with E-state index in [2.05, 4.69) is 26.1 Å². The minimum atomic E-state index is -0.0810. The van der Waals surface area contributed by atoms with Crippen LogP contribution in [0.5, 0.6) is 11.5 Å². The van der Waals surface area contributed by atoms with Crippen molar-refractivity contribution < 1.29 is 19.6 Å². The van der Waals surface area contributed by atoms with Gasteiger partial charge < -0.3 is 20.1 Å². The van der Waals surface area contributed by atoms with Gasteiger partial charge in [0.2, 0.25) is 0 Å². The summed E-state index contributed by atoms with van der Waals surface area (Å²) in [5.74, 6) is 1.76. The first-order valence-electron chi connectivity index (χ1n) is 9.71. The third kappa shape index (κ3) is 5.18. The number of nitrogens with one attached hydrogen (secondary N) is 1. The van der Waals surface area contributed by atoms with Crippen LogP contribution in [-0.2, 0) is 4.79 Å². The molecule has 0 radical (unpaired) electrons. The number of quaternary nitrogens is 1. The molecular weight excluding hydrogens is 376 g/mol. The Morgan fingerprint density at radius 2 is 1.68 bits per heavy atom. The summed E-state index contributed by atoms with van der Waals surface area (Å²) in [4.78, 5) is 12.6. The molecule has 3 rings (SSSR count). The third-order valence-corrected chi connectivity index (χ3v) is 5.21. The normalized spacial score (nSPS) is 15.2. The zero-order valence-electron chi connectivity index (χ0n) is 16.6. The summed E-state index contributed by atoms with van der Waals surface area (Å²) >= 11 is 5.94. The number of hydrogen-bond donors (Lipinski definition) is 2. The molecule has 1 aliphatic heterocycles. The van der Waals surface area contributed by atoms with Crippen LogP contribution in [0.4, 0.5) is 0 Å². The molecule has 150 valence electrons. The van der Waals surface area contributed by atoms with E-state index in [1.165, 1.54) is 0 Å². The number of carbonyl (C=O) groups excluding carboxylic acids is 1. The number of hydrogen-bond acceptors (Lipinski definition) is 3. The van der Waals surface area contributed by atoms with E-state index in [-0.39, 0.29) is 23.9 Å². The van der Waals surface area contributed by atoms with Crippen LogP contribution in [-0.4, -0.2) is 25.7 Å². The Kier molecular flexibility index (Phi) is 6.81. The van der Waals surface area contributed by atoms with Crippen molar-refractivity contribution in [2.75, 3.05) is 19.8 Å². The summed E-state index contributed by atoms with van der Waals surface area (Å²) in [6.45, 7) is 7.75. The molecule has 1 aliphatic rings. The maximum Gasteiger partial charge on any atom is 0.275 e. The number of benzene rings is 2. The van der Waals surface area contributed by atoms with Gasteiger partial charge in [-0.3, -0.25) is 4.79 Å². The highest BCUT2D eigenvalue weighted by molar-refractivity contribution is 6.30. The van der Waals surface area contributed by atoms with Gasteiger partial charge in [-0.2, -0.15) is 0 Å². The van der Waals surface area contributed by atoms with Crippen LogP contribution >= 0.6 is 11.6 Å². The van der Waals surface area contributed by atoms with Crippen molar-refractivity contribution in [3.8, 4) is 11.5 Å². The molecule has 28 heavy (non-hydrogen) atoms. The largest absolute Gasteiger partial charge is 0.486 e. The Morgan fingerprint density at radius 3 is 2.36 bits per heavy atom. The summed E-state index contributed by atoms with van der Waals surface area (Å²) in [6.07, 6.45) is 0. The first-order valence-corrected chi connectivity index (χ1v) is 10.1. The van der Waals surface area contributed by atoms with Crippen molar-refractivity contribution in [2.45, 2.75) is 32.9 Å². The fourth-order valence-electron chi connectivity index (χ4n) is 3.31. The average Bonchev–Trinajstić information content (AvgIpc) is 2.70. The van der Waals surface area contributed by atoms with Crippen LogP contribution in [0.15, 0.2) is 42.5 Å². The molecule has 0 aromatic heterocycles. The van der Waals surface area contributed by atoms with Crippen LogP contribution in [0.3, 0.4) is 0 Å². The van der Waals surface area contributed by atoms with Crippen molar-refractivity contribution in [1.82, 2.24) is 5.32 Å². The molecule has 0 bridgehead atoms. The lowest BCUT2D eigenvalue weighted by Gasteiger charge is -2.25. The molecule has 1 amide bonds. The molecule has 0 fully saturated rings. The van der Waals surface area contributed by atoms with Crippen LogP contribution < -0.4 is 20.1 Å². The van der Waals surface area contributed by atoms with E-state index in [0.29, 0.717) is 24.8 Å². The topological polar surface area (TPSA) is 64.2 Å². The van der Waals surface area contributed by atoms with E-state index in [1.807, 2.05) is 47.8 Å². The highest BCUT2D eigenvalue weighted by atomic mass is 35.5. The quantitative estimate of drug-likeness (QED) is 0.745. The molecule has 2 aromatic carbocycles. The number of amides is 1. The van der Waals surface area contributed by atoms with E-state index in [1.54, 1.807) is 0 Å². The second kappa shape index (κ2) is 9.30. The fourth-order valence-corrected chi connectivity index (χ4v) is 3.43. The molecule has 6 heteroatoms. The van der Waals surface area contributed by atoms with Crippen LogP contribution in [0, 0.1) is 5.92 Å². The molecule has 0 unspecified atom stereocenters. The predicted octanol–water partition coefficient (Wildman–Crippen LogP) is 3.25. The number of rotatable bonds is 7. The summed E-state index contributed by atoms with van der Waals surface area (Å²) in [5, 5.41) is 5.91. The lowest BCUT2D eigenvalue weighted by Crippen LogP contribution is -2.87. The molecule has 2 atom stereocenters. The zero-order valence-corrected chi connectivity index (χ0v) is 17.3. The lowest BCUT2D eigenvalue weighted by atomic mass is 9.95. The van der Waals surface area contributed by atoms with E-state index >= 15 is 0 Å². The third-order valence-electron chi connectivity index (χ3n) is 4.96. The molecule has 3 N–H and O–H groups in total. The smallest absolute Gasteiger partial charge is 0.275 e. The Labute approximate surface area is 171 Å². The molecule has 0 saturated heterocycles. The monoisotopic (exact) mass is 403 g/mol. The minimum Gasteiger partial charge on any atom is -0.486 e. The number of ether oxygens (including phenoxy) is 2.